The number of azo groups is 1. The fraction of sp³-hybridized carbons (Fsp3) is 0.118. The van der Waals surface area contributed by atoms with E-state index in [0.29, 0.717) is 5.56 Å². The van der Waals surface area contributed by atoms with Gasteiger partial charge in [0.2, 0.25) is 5.70 Å². The molecule has 0 fully saturated rings. The van der Waals surface area contributed by atoms with Crippen molar-refractivity contribution in [3.8, 4) is 0 Å². The topological polar surface area (TPSA) is 114 Å². The lowest BCUT2D eigenvalue weighted by Gasteiger charge is -2.05. The first-order chi connectivity index (χ1) is 12.0. The SMILES string of the molecule is CCOC(=O)/C(N=Nc1cccc([N+](=O)[O-])c1)=C(/O)c1ccccc1. The number of nitrogens with zero attached hydrogens (tertiary/aromatic N) is 3. The summed E-state index contributed by atoms with van der Waals surface area (Å²) >= 11 is 0. The average Bonchev–Trinajstić information content (AvgIpc) is 2.63. The third-order valence-corrected chi connectivity index (χ3v) is 3.05. The van der Waals surface area contributed by atoms with Crippen LogP contribution < -0.4 is 0 Å². The van der Waals surface area contributed by atoms with Crippen molar-refractivity contribution in [2.24, 2.45) is 10.2 Å². The van der Waals surface area contributed by atoms with Gasteiger partial charge in [0, 0.05) is 17.7 Å². The molecule has 0 unspecified atom stereocenters. The highest BCUT2D eigenvalue weighted by molar-refractivity contribution is 5.95. The minimum Gasteiger partial charge on any atom is -0.505 e. The van der Waals surface area contributed by atoms with Crippen LogP contribution in [0.1, 0.15) is 12.5 Å². The summed E-state index contributed by atoms with van der Waals surface area (Å²) in [5.41, 5.74) is -0.0228. The zero-order valence-electron chi connectivity index (χ0n) is 13.3. The Bertz CT molecular complexity index is 831. The fourth-order valence-electron chi connectivity index (χ4n) is 1.89. The Hall–Kier alpha value is -3.55. The molecule has 0 saturated carbocycles. The standard InChI is InChI=1S/C17H15N3O5/c1-2-25-17(22)15(16(21)12-7-4-3-5-8-12)19-18-13-9-6-10-14(11-13)20(23)24/h3-11,21H,2H2,1H3/b16-15-,19-18?. The van der Waals surface area contributed by atoms with Crippen molar-refractivity contribution >= 4 is 23.1 Å². The summed E-state index contributed by atoms with van der Waals surface area (Å²) in [6.07, 6.45) is 0. The second-order valence-electron chi connectivity index (χ2n) is 4.76. The first-order valence-electron chi connectivity index (χ1n) is 7.35. The van der Waals surface area contributed by atoms with Crippen LogP contribution in [0, 0.1) is 10.1 Å². The van der Waals surface area contributed by atoms with Crippen molar-refractivity contribution in [1.29, 1.82) is 0 Å². The van der Waals surface area contributed by atoms with Crippen LogP contribution in [0.4, 0.5) is 11.4 Å². The number of hydrogen-bond acceptors (Lipinski definition) is 7. The van der Waals surface area contributed by atoms with Gasteiger partial charge >= 0.3 is 5.97 Å². The third-order valence-electron chi connectivity index (χ3n) is 3.05. The maximum atomic E-state index is 12.1. The molecule has 128 valence electrons. The molecule has 0 heterocycles. The van der Waals surface area contributed by atoms with Crippen molar-refractivity contribution < 1.29 is 19.6 Å². The number of esters is 1. The van der Waals surface area contributed by atoms with Crippen LogP contribution >= 0.6 is 0 Å². The van der Waals surface area contributed by atoms with Crippen molar-refractivity contribution in [3.05, 3.63) is 76.0 Å². The van der Waals surface area contributed by atoms with Gasteiger partial charge in [0.15, 0.2) is 5.76 Å². The highest BCUT2D eigenvalue weighted by Gasteiger charge is 2.18. The van der Waals surface area contributed by atoms with Crippen LogP contribution in [0.5, 0.6) is 0 Å². The minimum atomic E-state index is -0.849. The van der Waals surface area contributed by atoms with E-state index in [9.17, 15) is 20.0 Å². The molecule has 2 aromatic rings. The van der Waals surface area contributed by atoms with Crippen LogP contribution in [-0.4, -0.2) is 22.6 Å². The van der Waals surface area contributed by atoms with Gasteiger partial charge in [-0.05, 0) is 13.0 Å². The van der Waals surface area contributed by atoms with Gasteiger partial charge in [0.25, 0.3) is 5.69 Å². The van der Waals surface area contributed by atoms with Gasteiger partial charge in [-0.15, -0.1) is 10.2 Å². The molecule has 2 aromatic carbocycles. The number of rotatable bonds is 6. The second kappa shape index (κ2) is 8.34. The first kappa shape index (κ1) is 17.8. The molecule has 25 heavy (non-hydrogen) atoms. The lowest BCUT2D eigenvalue weighted by molar-refractivity contribution is -0.384. The maximum Gasteiger partial charge on any atom is 0.362 e. The molecule has 0 bridgehead atoms. The normalized spacial score (nSPS) is 11.9. The van der Waals surface area contributed by atoms with Crippen LogP contribution in [0.2, 0.25) is 0 Å². The molecule has 0 saturated heterocycles. The fourth-order valence-corrected chi connectivity index (χ4v) is 1.89. The van der Waals surface area contributed by atoms with Crippen molar-refractivity contribution in [2.45, 2.75) is 6.92 Å². The van der Waals surface area contributed by atoms with E-state index in [0.717, 1.165) is 0 Å². The molecule has 0 spiro atoms. The number of aliphatic hydroxyl groups is 1. The Morgan fingerprint density at radius 1 is 1.20 bits per heavy atom. The predicted molar refractivity (Wildman–Crippen MR) is 90.2 cm³/mol. The summed E-state index contributed by atoms with van der Waals surface area (Å²) in [4.78, 5) is 22.3. The Morgan fingerprint density at radius 2 is 1.92 bits per heavy atom. The van der Waals surface area contributed by atoms with E-state index in [4.69, 9.17) is 4.74 Å². The van der Waals surface area contributed by atoms with Crippen molar-refractivity contribution in [3.63, 3.8) is 0 Å². The summed E-state index contributed by atoms with van der Waals surface area (Å²) in [5.74, 6) is -1.24. The molecule has 0 radical (unpaired) electrons. The number of benzene rings is 2. The zero-order valence-corrected chi connectivity index (χ0v) is 13.3. The first-order valence-corrected chi connectivity index (χ1v) is 7.35. The Labute approximate surface area is 143 Å². The maximum absolute atomic E-state index is 12.1. The van der Waals surface area contributed by atoms with Gasteiger partial charge in [-0.3, -0.25) is 10.1 Å². The number of carbonyl (C=O) groups excluding carboxylic acids is 1. The van der Waals surface area contributed by atoms with Crippen LogP contribution in [0.15, 0.2) is 70.5 Å². The van der Waals surface area contributed by atoms with Gasteiger partial charge < -0.3 is 9.84 Å². The molecule has 0 amide bonds. The summed E-state index contributed by atoms with van der Waals surface area (Å²) in [6, 6.07) is 13.8. The van der Waals surface area contributed by atoms with Crippen LogP contribution in [0.25, 0.3) is 5.76 Å². The molecular formula is C17H15N3O5. The number of carbonyl (C=O) groups is 1. The van der Waals surface area contributed by atoms with Gasteiger partial charge in [0.1, 0.15) is 0 Å². The Balaban J connectivity index is 2.42. The van der Waals surface area contributed by atoms with E-state index >= 15 is 0 Å². The number of non-ortho nitro benzene ring substituents is 1. The number of ether oxygens (including phenoxy) is 1. The van der Waals surface area contributed by atoms with Gasteiger partial charge in [0.05, 0.1) is 17.2 Å². The quantitative estimate of drug-likeness (QED) is 0.211. The molecule has 0 aliphatic rings. The molecular weight excluding hydrogens is 326 g/mol. The smallest absolute Gasteiger partial charge is 0.362 e. The van der Waals surface area contributed by atoms with E-state index < -0.39 is 16.7 Å². The lowest BCUT2D eigenvalue weighted by atomic mass is 10.1. The number of aliphatic hydroxyl groups excluding tert-OH is 1. The Morgan fingerprint density at radius 3 is 2.56 bits per heavy atom. The van der Waals surface area contributed by atoms with Gasteiger partial charge in [-0.25, -0.2) is 4.79 Å². The van der Waals surface area contributed by atoms with Crippen molar-refractivity contribution in [1.82, 2.24) is 0 Å². The van der Waals surface area contributed by atoms with E-state index in [-0.39, 0.29) is 23.7 Å². The largest absolute Gasteiger partial charge is 0.505 e. The van der Waals surface area contributed by atoms with Gasteiger partial charge in [-0.1, -0.05) is 36.4 Å². The molecule has 0 aliphatic carbocycles. The summed E-state index contributed by atoms with van der Waals surface area (Å²) in [6.45, 7) is 1.71. The van der Waals surface area contributed by atoms with Crippen LogP contribution in [0.3, 0.4) is 0 Å². The zero-order chi connectivity index (χ0) is 18.2. The summed E-state index contributed by atoms with van der Waals surface area (Å²) < 4.78 is 4.88. The van der Waals surface area contributed by atoms with E-state index in [1.54, 1.807) is 37.3 Å². The summed E-state index contributed by atoms with van der Waals surface area (Å²) in [7, 11) is 0. The number of hydrogen-bond donors (Lipinski definition) is 1. The molecule has 0 aliphatic heterocycles. The third kappa shape index (κ3) is 4.71. The Kier molecular flexibility index (Phi) is 5.94. The van der Waals surface area contributed by atoms with E-state index in [2.05, 4.69) is 10.2 Å². The monoisotopic (exact) mass is 341 g/mol. The molecule has 2 rings (SSSR count). The van der Waals surface area contributed by atoms with E-state index in [1.807, 2.05) is 0 Å². The highest BCUT2D eigenvalue weighted by Crippen LogP contribution is 2.23. The van der Waals surface area contributed by atoms with Gasteiger partial charge in [-0.2, -0.15) is 0 Å². The van der Waals surface area contributed by atoms with E-state index in [1.165, 1.54) is 24.3 Å². The molecule has 8 nitrogen and oxygen atoms in total. The van der Waals surface area contributed by atoms with Crippen molar-refractivity contribution in [2.75, 3.05) is 6.61 Å². The minimum absolute atomic E-state index is 0.0940. The molecule has 0 aromatic heterocycles. The highest BCUT2D eigenvalue weighted by atomic mass is 16.6. The summed E-state index contributed by atoms with van der Waals surface area (Å²) in [5, 5.41) is 28.7. The lowest BCUT2D eigenvalue weighted by Crippen LogP contribution is -2.08. The second-order valence-corrected chi connectivity index (χ2v) is 4.76. The molecule has 8 heteroatoms. The van der Waals surface area contributed by atoms with Crippen LogP contribution in [-0.2, 0) is 9.53 Å². The number of nitro groups is 1. The molecule has 0 atom stereocenters. The number of nitro benzene ring substituents is 1. The average molecular weight is 341 g/mol. The molecule has 1 N–H and O–H groups in total. The predicted octanol–water partition coefficient (Wildman–Crippen LogP) is 4.17.